The number of halogens is 1. The van der Waals surface area contributed by atoms with Crippen molar-refractivity contribution in [1.29, 1.82) is 0 Å². The molecule has 3 N–H and O–H groups in total. The molecule has 2 nitrogen and oxygen atoms in total. The highest BCUT2D eigenvalue weighted by molar-refractivity contribution is 9.10. The molecule has 0 radical (unpaired) electrons. The SMILES string of the molecule is CC(C)(N)CCCNCc1cc(Br)cs1. The van der Waals surface area contributed by atoms with Crippen molar-refractivity contribution in [2.45, 2.75) is 38.8 Å². The summed E-state index contributed by atoms with van der Waals surface area (Å²) in [6.07, 6.45) is 2.20. The molecule has 0 saturated carbocycles. The molecule has 0 aliphatic heterocycles. The monoisotopic (exact) mass is 290 g/mol. The van der Waals surface area contributed by atoms with Gasteiger partial charge in [0.25, 0.3) is 0 Å². The molecule has 0 amide bonds. The van der Waals surface area contributed by atoms with Crippen molar-refractivity contribution in [2.24, 2.45) is 5.73 Å². The Morgan fingerprint density at radius 1 is 1.53 bits per heavy atom. The highest BCUT2D eigenvalue weighted by atomic mass is 79.9. The van der Waals surface area contributed by atoms with E-state index in [-0.39, 0.29) is 5.54 Å². The summed E-state index contributed by atoms with van der Waals surface area (Å²) in [4.78, 5) is 1.37. The van der Waals surface area contributed by atoms with Gasteiger partial charge in [0.05, 0.1) is 0 Å². The first-order valence-electron chi connectivity index (χ1n) is 5.20. The van der Waals surface area contributed by atoms with Crippen molar-refractivity contribution < 1.29 is 0 Å². The fourth-order valence-corrected chi connectivity index (χ4v) is 2.75. The standard InChI is InChI=1S/C11H19BrN2S/c1-11(2,13)4-3-5-14-7-10-6-9(12)8-15-10/h6,8,14H,3-5,7,13H2,1-2H3. The lowest BCUT2D eigenvalue weighted by Crippen LogP contribution is -2.32. The number of nitrogens with one attached hydrogen (secondary N) is 1. The molecular weight excluding hydrogens is 272 g/mol. The lowest BCUT2D eigenvalue weighted by atomic mass is 10.0. The van der Waals surface area contributed by atoms with E-state index >= 15 is 0 Å². The van der Waals surface area contributed by atoms with Gasteiger partial charge in [0.15, 0.2) is 0 Å². The number of hydrogen-bond donors (Lipinski definition) is 2. The van der Waals surface area contributed by atoms with E-state index in [1.807, 2.05) is 0 Å². The first-order chi connectivity index (χ1) is 6.97. The number of rotatable bonds is 6. The third-order valence-corrected chi connectivity index (χ3v) is 3.79. The van der Waals surface area contributed by atoms with Gasteiger partial charge in [-0.15, -0.1) is 11.3 Å². The van der Waals surface area contributed by atoms with E-state index in [1.54, 1.807) is 11.3 Å². The maximum Gasteiger partial charge on any atom is 0.0300 e. The van der Waals surface area contributed by atoms with Crippen LogP contribution >= 0.6 is 27.3 Å². The summed E-state index contributed by atoms with van der Waals surface area (Å²) in [7, 11) is 0. The van der Waals surface area contributed by atoms with Crippen molar-refractivity contribution in [3.05, 3.63) is 20.8 Å². The topological polar surface area (TPSA) is 38.0 Å². The molecule has 0 unspecified atom stereocenters. The highest BCUT2D eigenvalue weighted by Crippen LogP contribution is 2.19. The Hall–Kier alpha value is 0.1000. The largest absolute Gasteiger partial charge is 0.326 e. The zero-order valence-electron chi connectivity index (χ0n) is 9.35. The summed E-state index contributed by atoms with van der Waals surface area (Å²) >= 11 is 5.23. The quantitative estimate of drug-likeness (QED) is 0.790. The minimum absolute atomic E-state index is 0.0341. The Morgan fingerprint density at radius 2 is 2.27 bits per heavy atom. The van der Waals surface area contributed by atoms with Gasteiger partial charge in [-0.3, -0.25) is 0 Å². The van der Waals surface area contributed by atoms with Crippen LogP contribution in [0.4, 0.5) is 0 Å². The second-order valence-electron chi connectivity index (χ2n) is 4.50. The molecule has 0 aromatic carbocycles. The van der Waals surface area contributed by atoms with Gasteiger partial charge in [0, 0.05) is 26.8 Å². The number of thiophene rings is 1. The van der Waals surface area contributed by atoms with Crippen LogP contribution in [0.25, 0.3) is 0 Å². The van der Waals surface area contributed by atoms with Gasteiger partial charge in [0.1, 0.15) is 0 Å². The summed E-state index contributed by atoms with van der Waals surface area (Å²) < 4.78 is 1.17. The van der Waals surface area contributed by atoms with Crippen LogP contribution < -0.4 is 11.1 Å². The lowest BCUT2D eigenvalue weighted by Gasteiger charge is -2.17. The normalized spacial score (nSPS) is 12.0. The predicted molar refractivity (Wildman–Crippen MR) is 71.2 cm³/mol. The van der Waals surface area contributed by atoms with Crippen LogP contribution in [-0.4, -0.2) is 12.1 Å². The minimum atomic E-state index is -0.0341. The Labute approximate surface area is 104 Å². The molecule has 1 aromatic rings. The fourth-order valence-electron chi connectivity index (χ4n) is 1.33. The van der Waals surface area contributed by atoms with Crippen molar-refractivity contribution in [3.8, 4) is 0 Å². The van der Waals surface area contributed by atoms with Crippen LogP contribution in [0.15, 0.2) is 15.9 Å². The molecule has 1 rings (SSSR count). The molecule has 0 spiro atoms. The molecule has 0 fully saturated rings. The Morgan fingerprint density at radius 3 is 2.80 bits per heavy atom. The molecule has 0 saturated heterocycles. The molecule has 1 aromatic heterocycles. The van der Waals surface area contributed by atoms with Gasteiger partial charge in [0.2, 0.25) is 0 Å². The first-order valence-corrected chi connectivity index (χ1v) is 6.87. The van der Waals surface area contributed by atoms with Crippen LogP contribution in [-0.2, 0) is 6.54 Å². The smallest absolute Gasteiger partial charge is 0.0300 e. The molecule has 0 aliphatic carbocycles. The number of nitrogens with two attached hydrogens (primary N) is 1. The zero-order valence-corrected chi connectivity index (χ0v) is 11.7. The van der Waals surface area contributed by atoms with Crippen LogP contribution in [0.2, 0.25) is 0 Å². The molecule has 0 bridgehead atoms. The average Bonchev–Trinajstić information content (AvgIpc) is 2.49. The fraction of sp³-hybridized carbons (Fsp3) is 0.636. The maximum atomic E-state index is 5.90. The van der Waals surface area contributed by atoms with Gasteiger partial charge >= 0.3 is 0 Å². The zero-order chi connectivity index (χ0) is 11.3. The van der Waals surface area contributed by atoms with Crippen LogP contribution in [0.3, 0.4) is 0 Å². The molecule has 0 aliphatic rings. The third kappa shape index (κ3) is 6.30. The average molecular weight is 291 g/mol. The van der Waals surface area contributed by atoms with E-state index in [0.29, 0.717) is 0 Å². The minimum Gasteiger partial charge on any atom is -0.326 e. The van der Waals surface area contributed by atoms with Gasteiger partial charge in [-0.25, -0.2) is 0 Å². The summed E-state index contributed by atoms with van der Waals surface area (Å²) in [5.74, 6) is 0. The third-order valence-electron chi connectivity index (χ3n) is 2.10. The summed E-state index contributed by atoms with van der Waals surface area (Å²) in [6.45, 7) is 6.14. The van der Waals surface area contributed by atoms with Gasteiger partial charge < -0.3 is 11.1 Å². The molecule has 15 heavy (non-hydrogen) atoms. The molecule has 4 heteroatoms. The Kier molecular flexibility index (Phi) is 5.26. The predicted octanol–water partition coefficient (Wildman–Crippen LogP) is 3.12. The van der Waals surface area contributed by atoms with Gasteiger partial charge in [-0.2, -0.15) is 0 Å². The Balaban J connectivity index is 2.07. The van der Waals surface area contributed by atoms with E-state index in [4.69, 9.17) is 5.73 Å². The lowest BCUT2D eigenvalue weighted by molar-refractivity contribution is 0.449. The van der Waals surface area contributed by atoms with Crippen LogP contribution in [0.5, 0.6) is 0 Å². The van der Waals surface area contributed by atoms with Gasteiger partial charge in [-0.1, -0.05) is 0 Å². The van der Waals surface area contributed by atoms with Gasteiger partial charge in [-0.05, 0) is 55.2 Å². The number of hydrogen-bond acceptors (Lipinski definition) is 3. The van der Waals surface area contributed by atoms with E-state index in [1.165, 1.54) is 9.35 Å². The summed E-state index contributed by atoms with van der Waals surface area (Å²) in [5.41, 5.74) is 5.87. The second-order valence-corrected chi connectivity index (χ2v) is 6.41. The maximum absolute atomic E-state index is 5.90. The van der Waals surface area contributed by atoms with E-state index in [0.717, 1.165) is 25.9 Å². The Bertz CT molecular complexity index is 291. The van der Waals surface area contributed by atoms with E-state index < -0.39 is 0 Å². The van der Waals surface area contributed by atoms with Crippen molar-refractivity contribution >= 4 is 27.3 Å². The van der Waals surface area contributed by atoms with Crippen molar-refractivity contribution in [2.75, 3.05) is 6.54 Å². The van der Waals surface area contributed by atoms with E-state index in [9.17, 15) is 0 Å². The highest BCUT2D eigenvalue weighted by Gasteiger charge is 2.08. The van der Waals surface area contributed by atoms with Crippen LogP contribution in [0, 0.1) is 0 Å². The molecule has 86 valence electrons. The van der Waals surface area contributed by atoms with E-state index in [2.05, 4.69) is 46.5 Å². The van der Waals surface area contributed by atoms with Crippen molar-refractivity contribution in [3.63, 3.8) is 0 Å². The second kappa shape index (κ2) is 5.99. The van der Waals surface area contributed by atoms with Crippen molar-refractivity contribution in [1.82, 2.24) is 5.32 Å². The summed E-state index contributed by atoms with van der Waals surface area (Å²) in [5, 5.41) is 5.53. The summed E-state index contributed by atoms with van der Waals surface area (Å²) in [6, 6.07) is 2.16. The molecular formula is C11H19BrN2S. The first kappa shape index (κ1) is 13.2. The molecule has 1 heterocycles. The van der Waals surface area contributed by atoms with Crippen LogP contribution in [0.1, 0.15) is 31.6 Å². The molecule has 0 atom stereocenters.